The topological polar surface area (TPSA) is 75.6 Å². The molecule has 6 nitrogen and oxygen atoms in total. The second kappa shape index (κ2) is 7.51. The lowest BCUT2D eigenvalue weighted by Gasteiger charge is -2.20. The van der Waals surface area contributed by atoms with E-state index in [1.165, 1.54) is 4.90 Å². The zero-order valence-electron chi connectivity index (χ0n) is 12.6. The summed E-state index contributed by atoms with van der Waals surface area (Å²) in [5, 5.41) is 9.97. The van der Waals surface area contributed by atoms with Gasteiger partial charge in [0.1, 0.15) is 12.4 Å². The lowest BCUT2D eigenvalue weighted by atomic mass is 10.2. The Morgan fingerprint density at radius 3 is 2.82 bits per heavy atom. The number of rotatable bonds is 6. The van der Waals surface area contributed by atoms with Crippen LogP contribution < -0.4 is 4.74 Å². The number of aliphatic hydroxyl groups is 1. The van der Waals surface area contributed by atoms with E-state index in [1.54, 1.807) is 31.7 Å². The van der Waals surface area contributed by atoms with Gasteiger partial charge in [-0.1, -0.05) is 18.2 Å². The molecule has 116 valence electrons. The number of likely N-dealkylation sites (N-methyl/N-ethyl adjacent to an activating group) is 1. The van der Waals surface area contributed by atoms with Crippen LogP contribution in [0.2, 0.25) is 0 Å². The van der Waals surface area contributed by atoms with Gasteiger partial charge in [-0.2, -0.15) is 0 Å². The summed E-state index contributed by atoms with van der Waals surface area (Å²) in [5.74, 6) is 0.241. The average Bonchev–Trinajstić information content (AvgIpc) is 2.54. The summed E-state index contributed by atoms with van der Waals surface area (Å²) in [7, 11) is 1.61. The first-order valence-electron chi connectivity index (χ1n) is 6.94. The number of aliphatic hydroxyl groups excluding tert-OH is 1. The highest BCUT2D eigenvalue weighted by Gasteiger charge is 2.20. The molecule has 22 heavy (non-hydrogen) atoms. The van der Waals surface area contributed by atoms with Gasteiger partial charge in [-0.3, -0.25) is 14.8 Å². The molecule has 6 heteroatoms. The molecule has 1 amide bonds. The Kier molecular flexibility index (Phi) is 5.43. The van der Waals surface area contributed by atoms with Crippen LogP contribution in [0.3, 0.4) is 0 Å². The van der Waals surface area contributed by atoms with E-state index in [-0.39, 0.29) is 13.2 Å². The van der Waals surface area contributed by atoms with E-state index in [4.69, 9.17) is 4.74 Å². The van der Waals surface area contributed by atoms with Crippen LogP contribution in [0.25, 0.3) is 0 Å². The number of ether oxygens (including phenoxy) is 1. The van der Waals surface area contributed by atoms with E-state index in [0.717, 1.165) is 5.56 Å². The molecule has 1 unspecified atom stereocenters. The second-order valence-corrected chi connectivity index (χ2v) is 4.98. The first kappa shape index (κ1) is 15.9. The molecule has 2 rings (SSSR count). The van der Waals surface area contributed by atoms with Gasteiger partial charge >= 0.3 is 0 Å². The highest BCUT2D eigenvalue weighted by Crippen LogP contribution is 2.16. The summed E-state index contributed by atoms with van der Waals surface area (Å²) < 4.78 is 5.49. The number of benzene rings is 1. The predicted octanol–water partition coefficient (Wildman–Crippen LogP) is 1.18. The highest BCUT2D eigenvalue weighted by atomic mass is 16.5. The Bertz CT molecular complexity index is 619. The van der Waals surface area contributed by atoms with Gasteiger partial charge in [0.05, 0.1) is 18.4 Å². The van der Waals surface area contributed by atoms with E-state index >= 15 is 0 Å². The number of nitrogens with zero attached hydrogens (tertiary/aromatic N) is 3. The smallest absolute Gasteiger partial charge is 0.255 e. The average molecular weight is 301 g/mol. The molecule has 0 spiro atoms. The largest absolute Gasteiger partial charge is 0.490 e. The van der Waals surface area contributed by atoms with Crippen LogP contribution in [0, 0.1) is 6.92 Å². The molecule has 0 aliphatic carbocycles. The van der Waals surface area contributed by atoms with Crippen LogP contribution in [0.15, 0.2) is 42.9 Å². The molecule has 1 aromatic heterocycles. The summed E-state index contributed by atoms with van der Waals surface area (Å²) in [6.45, 7) is 2.10. The molecule has 0 bridgehead atoms. The molecule has 0 saturated heterocycles. The summed E-state index contributed by atoms with van der Waals surface area (Å²) >= 11 is 0. The number of hydrogen-bond donors (Lipinski definition) is 1. The van der Waals surface area contributed by atoms with E-state index < -0.39 is 12.0 Å². The van der Waals surface area contributed by atoms with Crippen molar-refractivity contribution in [2.24, 2.45) is 0 Å². The van der Waals surface area contributed by atoms with Crippen molar-refractivity contribution in [3.8, 4) is 5.75 Å². The van der Waals surface area contributed by atoms with Gasteiger partial charge in [0, 0.05) is 19.4 Å². The van der Waals surface area contributed by atoms with Crippen molar-refractivity contribution in [2.45, 2.75) is 19.6 Å². The standard InChI is InChI=1S/C16H19N3O3/c1-12-5-3-4-6-15(12)22-11-14(20)16(21)19(2)10-13-9-17-7-8-18-13/h3-9,14,20H,10-11H2,1-2H3. The minimum atomic E-state index is -1.22. The van der Waals surface area contributed by atoms with Crippen LogP contribution in [-0.4, -0.2) is 45.6 Å². The van der Waals surface area contributed by atoms with Crippen molar-refractivity contribution in [3.05, 3.63) is 54.1 Å². The third kappa shape index (κ3) is 4.26. The second-order valence-electron chi connectivity index (χ2n) is 4.98. The molecule has 0 aliphatic rings. The monoisotopic (exact) mass is 301 g/mol. The lowest BCUT2D eigenvalue weighted by molar-refractivity contribution is -0.140. The number of carbonyl (C=O) groups is 1. The SMILES string of the molecule is Cc1ccccc1OCC(O)C(=O)N(C)Cc1cnccn1. The van der Waals surface area contributed by atoms with Crippen molar-refractivity contribution in [1.29, 1.82) is 0 Å². The minimum Gasteiger partial charge on any atom is -0.490 e. The van der Waals surface area contributed by atoms with Crippen LogP contribution in [0.5, 0.6) is 5.75 Å². The number of aryl methyl sites for hydroxylation is 1. The Labute approximate surface area is 129 Å². The van der Waals surface area contributed by atoms with Gasteiger partial charge < -0.3 is 14.7 Å². The predicted molar refractivity (Wildman–Crippen MR) is 81.2 cm³/mol. The fourth-order valence-electron chi connectivity index (χ4n) is 1.95. The molecular weight excluding hydrogens is 282 g/mol. The van der Waals surface area contributed by atoms with Gasteiger partial charge in [0.15, 0.2) is 6.10 Å². The summed E-state index contributed by atoms with van der Waals surface area (Å²) in [4.78, 5) is 21.5. The van der Waals surface area contributed by atoms with E-state index in [2.05, 4.69) is 9.97 Å². The molecule has 0 aliphatic heterocycles. The van der Waals surface area contributed by atoms with Crippen molar-refractivity contribution >= 4 is 5.91 Å². The van der Waals surface area contributed by atoms with Crippen LogP contribution in [-0.2, 0) is 11.3 Å². The maximum Gasteiger partial charge on any atom is 0.255 e. The molecular formula is C16H19N3O3. The normalized spacial score (nSPS) is 11.8. The molecule has 1 heterocycles. The van der Waals surface area contributed by atoms with Crippen LogP contribution >= 0.6 is 0 Å². The van der Waals surface area contributed by atoms with Crippen LogP contribution in [0.1, 0.15) is 11.3 Å². The Morgan fingerprint density at radius 2 is 2.14 bits per heavy atom. The molecule has 0 radical (unpaired) electrons. The highest BCUT2D eigenvalue weighted by molar-refractivity contribution is 5.80. The third-order valence-corrected chi connectivity index (χ3v) is 3.17. The Morgan fingerprint density at radius 1 is 1.36 bits per heavy atom. The summed E-state index contributed by atoms with van der Waals surface area (Å²) in [5.41, 5.74) is 1.61. The number of amides is 1. The van der Waals surface area contributed by atoms with Crippen molar-refractivity contribution in [2.75, 3.05) is 13.7 Å². The molecule has 2 aromatic rings. The van der Waals surface area contributed by atoms with Gasteiger partial charge in [-0.25, -0.2) is 0 Å². The molecule has 1 N–H and O–H groups in total. The lowest BCUT2D eigenvalue weighted by Crippen LogP contribution is -2.39. The third-order valence-electron chi connectivity index (χ3n) is 3.17. The maximum absolute atomic E-state index is 12.1. The number of carbonyl (C=O) groups excluding carboxylic acids is 1. The van der Waals surface area contributed by atoms with Crippen molar-refractivity contribution < 1.29 is 14.6 Å². The number of aromatic nitrogens is 2. The van der Waals surface area contributed by atoms with Crippen molar-refractivity contribution in [3.63, 3.8) is 0 Å². The number of hydrogen-bond acceptors (Lipinski definition) is 5. The molecule has 0 saturated carbocycles. The Balaban J connectivity index is 1.87. The fraction of sp³-hybridized carbons (Fsp3) is 0.312. The molecule has 1 aromatic carbocycles. The molecule has 0 fully saturated rings. The van der Waals surface area contributed by atoms with Gasteiger partial charge in [-0.05, 0) is 18.6 Å². The van der Waals surface area contributed by atoms with Gasteiger partial charge in [-0.15, -0.1) is 0 Å². The summed E-state index contributed by atoms with van der Waals surface area (Å²) in [6.07, 6.45) is 3.49. The van der Waals surface area contributed by atoms with E-state index in [9.17, 15) is 9.90 Å². The first-order valence-corrected chi connectivity index (χ1v) is 6.94. The Hall–Kier alpha value is -2.47. The van der Waals surface area contributed by atoms with Gasteiger partial charge in [0.25, 0.3) is 5.91 Å². The quantitative estimate of drug-likeness (QED) is 0.867. The first-order chi connectivity index (χ1) is 10.6. The molecule has 1 atom stereocenters. The van der Waals surface area contributed by atoms with E-state index in [1.807, 2.05) is 25.1 Å². The number of para-hydroxylation sites is 1. The van der Waals surface area contributed by atoms with Gasteiger partial charge in [0.2, 0.25) is 0 Å². The minimum absolute atomic E-state index is 0.0888. The summed E-state index contributed by atoms with van der Waals surface area (Å²) in [6, 6.07) is 7.45. The van der Waals surface area contributed by atoms with Crippen molar-refractivity contribution in [1.82, 2.24) is 14.9 Å². The fourth-order valence-corrected chi connectivity index (χ4v) is 1.95. The zero-order valence-corrected chi connectivity index (χ0v) is 12.6. The zero-order chi connectivity index (χ0) is 15.9. The van der Waals surface area contributed by atoms with Crippen LogP contribution in [0.4, 0.5) is 0 Å². The van der Waals surface area contributed by atoms with E-state index in [0.29, 0.717) is 11.4 Å². The maximum atomic E-state index is 12.1.